The minimum atomic E-state index is -1.11. The molecule has 9 nitrogen and oxygen atoms in total. The number of carboxylic acid groups (broad SMARTS) is 1. The Hall–Kier alpha value is -3.72. The molecule has 2 aromatic rings. The van der Waals surface area contributed by atoms with Crippen molar-refractivity contribution in [2.24, 2.45) is 5.41 Å². The van der Waals surface area contributed by atoms with Gasteiger partial charge in [-0.3, -0.25) is 5.32 Å². The van der Waals surface area contributed by atoms with Gasteiger partial charge >= 0.3 is 12.1 Å². The van der Waals surface area contributed by atoms with Gasteiger partial charge in [-0.1, -0.05) is 32.1 Å². The lowest BCUT2D eigenvalue weighted by molar-refractivity contribution is -0.131. The molecule has 0 spiro atoms. The Morgan fingerprint density at radius 1 is 1.19 bits per heavy atom. The molecular weight excluding hydrogens is 418 g/mol. The maximum Gasteiger partial charge on any atom is 0.412 e. The van der Waals surface area contributed by atoms with Gasteiger partial charge in [0.05, 0.1) is 6.61 Å². The fourth-order valence-electron chi connectivity index (χ4n) is 3.18. The molecule has 1 aliphatic heterocycles. The predicted octanol–water partition coefficient (Wildman–Crippen LogP) is 3.74. The van der Waals surface area contributed by atoms with E-state index in [0.717, 1.165) is 6.08 Å². The molecule has 170 valence electrons. The average molecular weight is 443 g/mol. The lowest BCUT2D eigenvalue weighted by atomic mass is 9.82. The maximum absolute atomic E-state index is 12.7. The van der Waals surface area contributed by atoms with Gasteiger partial charge in [-0.15, -0.1) is 0 Å². The number of carbonyl (C=O) groups excluding carboxylic acids is 1. The van der Waals surface area contributed by atoms with Crippen LogP contribution in [0.25, 0.3) is 0 Å². The molecule has 0 unspecified atom stereocenters. The minimum Gasteiger partial charge on any atom is -0.491 e. The molecule has 9 heteroatoms. The monoisotopic (exact) mass is 443 g/mol. The second-order valence-corrected chi connectivity index (χ2v) is 7.62. The Balaban J connectivity index is 1.83. The summed E-state index contributed by atoms with van der Waals surface area (Å²) in [4.78, 5) is 23.8. The Labute approximate surface area is 185 Å². The fourth-order valence-corrected chi connectivity index (χ4v) is 3.18. The molecule has 1 aliphatic rings. The molecule has 1 amide bonds. The third-order valence-corrected chi connectivity index (χ3v) is 4.70. The maximum atomic E-state index is 12.7. The van der Waals surface area contributed by atoms with Crippen LogP contribution in [0, 0.1) is 5.41 Å². The first kappa shape index (κ1) is 23.0. The van der Waals surface area contributed by atoms with E-state index in [1.54, 1.807) is 56.3 Å². The SMILES string of the molecule is CC(C)(/C=C/C(=O)O)[C@@H](OC(=O)Nc1ccc2c(c1)OCO2)c1cccc(OCCO)c1. The minimum absolute atomic E-state index is 0.113. The van der Waals surface area contributed by atoms with E-state index in [1.165, 1.54) is 6.08 Å². The molecule has 0 aliphatic carbocycles. The van der Waals surface area contributed by atoms with Crippen molar-refractivity contribution >= 4 is 17.7 Å². The number of fused-ring (bicyclic) bond motifs is 1. The third kappa shape index (κ3) is 5.92. The van der Waals surface area contributed by atoms with Gasteiger partial charge in [0.15, 0.2) is 11.5 Å². The van der Waals surface area contributed by atoms with Crippen molar-refractivity contribution in [1.82, 2.24) is 0 Å². The molecule has 0 saturated heterocycles. The number of nitrogens with one attached hydrogen (secondary N) is 1. The van der Waals surface area contributed by atoms with Crippen LogP contribution in [0.1, 0.15) is 25.5 Å². The lowest BCUT2D eigenvalue weighted by Crippen LogP contribution is -2.28. The Morgan fingerprint density at radius 2 is 1.97 bits per heavy atom. The van der Waals surface area contributed by atoms with Gasteiger partial charge in [-0.25, -0.2) is 9.59 Å². The van der Waals surface area contributed by atoms with Crippen LogP contribution in [0.3, 0.4) is 0 Å². The number of anilines is 1. The summed E-state index contributed by atoms with van der Waals surface area (Å²) in [6, 6.07) is 11.8. The Morgan fingerprint density at radius 3 is 2.72 bits per heavy atom. The van der Waals surface area contributed by atoms with Crippen LogP contribution in [0.4, 0.5) is 10.5 Å². The number of aliphatic hydroxyl groups excluding tert-OH is 1. The lowest BCUT2D eigenvalue weighted by Gasteiger charge is -2.31. The van der Waals surface area contributed by atoms with Gasteiger partial charge in [0.2, 0.25) is 6.79 Å². The summed E-state index contributed by atoms with van der Waals surface area (Å²) >= 11 is 0. The summed E-state index contributed by atoms with van der Waals surface area (Å²) in [5, 5.41) is 20.7. The summed E-state index contributed by atoms with van der Waals surface area (Å²) in [6.45, 7) is 3.60. The Bertz CT molecular complexity index is 1000. The zero-order valence-corrected chi connectivity index (χ0v) is 17.7. The van der Waals surface area contributed by atoms with Crippen LogP contribution < -0.4 is 19.5 Å². The molecule has 1 heterocycles. The molecule has 0 radical (unpaired) electrons. The molecule has 32 heavy (non-hydrogen) atoms. The first-order valence-electron chi connectivity index (χ1n) is 9.91. The second-order valence-electron chi connectivity index (χ2n) is 7.62. The highest BCUT2D eigenvalue weighted by atomic mass is 16.7. The summed E-state index contributed by atoms with van der Waals surface area (Å²) in [7, 11) is 0. The third-order valence-electron chi connectivity index (χ3n) is 4.70. The highest BCUT2D eigenvalue weighted by Gasteiger charge is 2.33. The number of aliphatic hydroxyl groups is 1. The average Bonchev–Trinajstić information content (AvgIpc) is 3.23. The second kappa shape index (κ2) is 10.1. The molecule has 0 saturated carbocycles. The van der Waals surface area contributed by atoms with Crippen molar-refractivity contribution in [2.75, 3.05) is 25.3 Å². The first-order valence-corrected chi connectivity index (χ1v) is 9.91. The standard InChI is InChI=1S/C23H25NO8/c1-23(2,9-8-20(26)27)21(15-4-3-5-17(12-15)29-11-10-25)32-22(28)24-16-6-7-18-19(13-16)31-14-30-18/h3-9,12-13,21,25H,10-11,14H2,1-2H3,(H,24,28)(H,26,27)/b9-8+/t21-/m0/s1. The van der Waals surface area contributed by atoms with E-state index in [9.17, 15) is 9.59 Å². The van der Waals surface area contributed by atoms with E-state index in [2.05, 4.69) is 5.32 Å². The number of hydrogen-bond acceptors (Lipinski definition) is 7. The van der Waals surface area contributed by atoms with Crippen LogP contribution >= 0.6 is 0 Å². The number of hydrogen-bond donors (Lipinski definition) is 3. The van der Waals surface area contributed by atoms with E-state index < -0.39 is 23.6 Å². The quantitative estimate of drug-likeness (QED) is 0.501. The molecule has 0 aromatic heterocycles. The van der Waals surface area contributed by atoms with E-state index >= 15 is 0 Å². The molecule has 3 N–H and O–H groups in total. The summed E-state index contributed by atoms with van der Waals surface area (Å²) < 4.78 is 21.8. The van der Waals surface area contributed by atoms with Gasteiger partial charge in [0.25, 0.3) is 0 Å². The molecule has 1 atom stereocenters. The van der Waals surface area contributed by atoms with E-state index in [0.29, 0.717) is 28.5 Å². The van der Waals surface area contributed by atoms with Gasteiger partial charge in [0.1, 0.15) is 18.5 Å². The van der Waals surface area contributed by atoms with E-state index in [4.69, 9.17) is 29.2 Å². The van der Waals surface area contributed by atoms with E-state index in [1.807, 2.05) is 0 Å². The van der Waals surface area contributed by atoms with Crippen molar-refractivity contribution in [3.63, 3.8) is 0 Å². The van der Waals surface area contributed by atoms with Crippen LogP contribution in [-0.2, 0) is 9.53 Å². The van der Waals surface area contributed by atoms with Crippen LogP contribution in [0.2, 0.25) is 0 Å². The number of carbonyl (C=O) groups is 2. The molecule has 2 aromatic carbocycles. The number of aliphatic carboxylic acids is 1. The summed E-state index contributed by atoms with van der Waals surface area (Å²) in [6.07, 6.45) is 0.907. The fraction of sp³-hybridized carbons (Fsp3) is 0.304. The topological polar surface area (TPSA) is 124 Å². The van der Waals surface area contributed by atoms with Gasteiger partial charge in [-0.05, 0) is 29.8 Å². The van der Waals surface area contributed by atoms with Crippen LogP contribution in [-0.4, -0.2) is 42.3 Å². The number of benzene rings is 2. The van der Waals surface area contributed by atoms with E-state index in [-0.39, 0.29) is 20.0 Å². The predicted molar refractivity (Wildman–Crippen MR) is 115 cm³/mol. The number of carboxylic acids is 1. The molecule has 0 fully saturated rings. The van der Waals surface area contributed by atoms with Crippen molar-refractivity contribution < 1.29 is 38.7 Å². The van der Waals surface area contributed by atoms with Gasteiger partial charge < -0.3 is 29.2 Å². The smallest absolute Gasteiger partial charge is 0.412 e. The molecular formula is C23H25NO8. The van der Waals surface area contributed by atoms with Crippen molar-refractivity contribution in [1.29, 1.82) is 0 Å². The number of amides is 1. The van der Waals surface area contributed by atoms with Gasteiger partial charge in [0, 0.05) is 23.2 Å². The number of ether oxygens (including phenoxy) is 4. The van der Waals surface area contributed by atoms with Crippen molar-refractivity contribution in [2.45, 2.75) is 20.0 Å². The Kier molecular flexibility index (Phi) is 7.21. The molecule has 3 rings (SSSR count). The number of rotatable bonds is 9. The van der Waals surface area contributed by atoms with Crippen LogP contribution in [0.15, 0.2) is 54.6 Å². The van der Waals surface area contributed by atoms with Crippen molar-refractivity contribution in [3.05, 3.63) is 60.2 Å². The summed E-state index contributed by atoms with van der Waals surface area (Å²) in [5.41, 5.74) is 0.179. The molecule has 0 bridgehead atoms. The highest BCUT2D eigenvalue weighted by molar-refractivity contribution is 5.85. The van der Waals surface area contributed by atoms with Gasteiger partial charge in [-0.2, -0.15) is 0 Å². The summed E-state index contributed by atoms with van der Waals surface area (Å²) in [5.74, 6) is 0.472. The zero-order valence-electron chi connectivity index (χ0n) is 17.7. The zero-order chi connectivity index (χ0) is 23.1. The first-order chi connectivity index (χ1) is 15.3. The normalized spacial score (nSPS) is 13.6. The van der Waals surface area contributed by atoms with Crippen LogP contribution in [0.5, 0.6) is 17.2 Å². The largest absolute Gasteiger partial charge is 0.491 e. The highest BCUT2D eigenvalue weighted by Crippen LogP contribution is 2.40. The van der Waals surface area contributed by atoms with Crippen molar-refractivity contribution in [3.8, 4) is 17.2 Å².